The first-order valence-electron chi connectivity index (χ1n) is 6.88. The van der Waals surface area contributed by atoms with Gasteiger partial charge in [-0.3, -0.25) is 0 Å². The number of alkyl halides is 4. The highest BCUT2D eigenvalue weighted by molar-refractivity contribution is 5.25. The summed E-state index contributed by atoms with van der Waals surface area (Å²) in [7, 11) is 0. The first-order chi connectivity index (χ1) is 9.89. The van der Waals surface area contributed by atoms with E-state index in [2.05, 4.69) is 10.3 Å². The lowest BCUT2D eigenvalue weighted by Crippen LogP contribution is -2.34. The lowest BCUT2D eigenvalue weighted by atomic mass is 10.2. The zero-order valence-electron chi connectivity index (χ0n) is 12.1. The fourth-order valence-corrected chi connectivity index (χ4v) is 1.62. The Hall–Kier alpha value is -1.37. The summed E-state index contributed by atoms with van der Waals surface area (Å²) in [4.78, 5) is 4.01. The summed E-state index contributed by atoms with van der Waals surface area (Å²) in [6.45, 7) is 3.88. The molecular weight excluding hydrogens is 288 g/mol. The van der Waals surface area contributed by atoms with E-state index in [0.717, 1.165) is 18.5 Å². The minimum Gasteiger partial charge on any atom is -0.471 e. The van der Waals surface area contributed by atoms with Crippen molar-refractivity contribution in [3.63, 3.8) is 0 Å². The molecule has 1 N–H and O–H groups in total. The second-order valence-corrected chi connectivity index (χ2v) is 4.69. The summed E-state index contributed by atoms with van der Waals surface area (Å²) in [5, 5.41) is 3.17. The van der Waals surface area contributed by atoms with Gasteiger partial charge in [0.1, 0.15) is 0 Å². The maximum absolute atomic E-state index is 12.8. The first kappa shape index (κ1) is 17.7. The highest BCUT2D eigenvalue weighted by Crippen LogP contribution is 2.24. The third-order valence-electron chi connectivity index (χ3n) is 2.76. The molecule has 0 fully saturated rings. The number of ether oxygens (including phenoxy) is 1. The van der Waals surface area contributed by atoms with Gasteiger partial charge in [0.05, 0.1) is 0 Å². The minimum atomic E-state index is -4.18. The van der Waals surface area contributed by atoms with E-state index in [1.165, 1.54) is 6.07 Å². The summed E-state index contributed by atoms with van der Waals surface area (Å²) >= 11 is 0. The zero-order chi connectivity index (χ0) is 15.9. The van der Waals surface area contributed by atoms with Crippen LogP contribution in [0.1, 0.15) is 31.5 Å². The van der Waals surface area contributed by atoms with E-state index in [9.17, 15) is 17.6 Å². The lowest BCUT2D eigenvalue weighted by molar-refractivity contribution is -0.148. The fourth-order valence-electron chi connectivity index (χ4n) is 1.62. The molecule has 0 aliphatic heterocycles. The van der Waals surface area contributed by atoms with Gasteiger partial charge in [0, 0.05) is 18.3 Å². The predicted molar refractivity (Wildman–Crippen MR) is 72.1 cm³/mol. The normalized spacial score (nSPS) is 12.0. The molecule has 21 heavy (non-hydrogen) atoms. The Morgan fingerprint density at radius 2 is 2.00 bits per heavy atom. The summed E-state index contributed by atoms with van der Waals surface area (Å²) in [5.41, 5.74) is 1.49. The fraction of sp³-hybridized carbons (Fsp3) is 0.643. The maximum Gasteiger partial charge on any atom is 0.340 e. The van der Waals surface area contributed by atoms with Crippen LogP contribution in [0.3, 0.4) is 0 Å². The Bertz CT molecular complexity index is 441. The van der Waals surface area contributed by atoms with Gasteiger partial charge in [-0.25, -0.2) is 13.8 Å². The molecular formula is C14H20F4N2O. The summed E-state index contributed by atoms with van der Waals surface area (Å²) in [6.07, 6.45) is -2.18. The molecule has 0 unspecified atom stereocenters. The molecule has 1 aromatic rings. The van der Waals surface area contributed by atoms with Gasteiger partial charge < -0.3 is 10.1 Å². The number of aryl methyl sites for hydroxylation is 1. The quantitative estimate of drug-likeness (QED) is 0.560. The van der Waals surface area contributed by atoms with Crippen molar-refractivity contribution in [3.05, 3.63) is 23.4 Å². The number of hydrogen-bond donors (Lipinski definition) is 1. The van der Waals surface area contributed by atoms with Crippen molar-refractivity contribution < 1.29 is 22.3 Å². The van der Waals surface area contributed by atoms with Gasteiger partial charge in [-0.15, -0.1) is 0 Å². The Labute approximate surface area is 121 Å². The SMILES string of the molecule is CCCNCc1cc(CC)nc(OCC(F)(F)C(F)F)c1. The van der Waals surface area contributed by atoms with Gasteiger partial charge in [-0.05, 0) is 31.0 Å². The zero-order valence-corrected chi connectivity index (χ0v) is 12.1. The van der Waals surface area contributed by atoms with Crippen molar-refractivity contribution in [2.24, 2.45) is 0 Å². The maximum atomic E-state index is 12.8. The Balaban J connectivity index is 2.74. The highest BCUT2D eigenvalue weighted by atomic mass is 19.3. The van der Waals surface area contributed by atoms with Crippen LogP contribution in [0.25, 0.3) is 0 Å². The van der Waals surface area contributed by atoms with Crippen LogP contribution in [-0.4, -0.2) is 30.5 Å². The Morgan fingerprint density at radius 1 is 1.29 bits per heavy atom. The lowest BCUT2D eigenvalue weighted by Gasteiger charge is -2.16. The molecule has 0 radical (unpaired) electrons. The van der Waals surface area contributed by atoms with E-state index in [0.29, 0.717) is 18.7 Å². The third kappa shape index (κ3) is 5.87. The van der Waals surface area contributed by atoms with Crippen LogP contribution in [0.2, 0.25) is 0 Å². The number of nitrogens with one attached hydrogen (secondary N) is 1. The number of halogens is 4. The van der Waals surface area contributed by atoms with E-state index in [-0.39, 0.29) is 5.88 Å². The van der Waals surface area contributed by atoms with Gasteiger partial charge in [0.25, 0.3) is 0 Å². The highest BCUT2D eigenvalue weighted by Gasteiger charge is 2.41. The van der Waals surface area contributed by atoms with Gasteiger partial charge >= 0.3 is 12.3 Å². The molecule has 0 aliphatic carbocycles. The first-order valence-corrected chi connectivity index (χ1v) is 6.88. The number of nitrogens with zero attached hydrogens (tertiary/aromatic N) is 1. The number of pyridine rings is 1. The van der Waals surface area contributed by atoms with Gasteiger partial charge in [0.15, 0.2) is 6.61 Å². The Kier molecular flexibility index (Phi) is 6.87. The molecule has 1 heterocycles. The number of hydrogen-bond acceptors (Lipinski definition) is 3. The van der Waals surface area contributed by atoms with E-state index < -0.39 is 19.0 Å². The summed E-state index contributed by atoms with van der Waals surface area (Å²) in [6, 6.07) is 3.32. The van der Waals surface area contributed by atoms with Crippen LogP contribution in [0.4, 0.5) is 17.6 Å². The van der Waals surface area contributed by atoms with Crippen LogP contribution in [0, 0.1) is 0 Å². The summed E-state index contributed by atoms with van der Waals surface area (Å²) in [5.74, 6) is -4.23. The molecule has 0 aliphatic rings. The van der Waals surface area contributed by atoms with E-state index >= 15 is 0 Å². The van der Waals surface area contributed by atoms with Gasteiger partial charge in [-0.1, -0.05) is 13.8 Å². The second-order valence-electron chi connectivity index (χ2n) is 4.69. The molecule has 120 valence electrons. The van der Waals surface area contributed by atoms with Crippen molar-refractivity contribution >= 4 is 0 Å². The third-order valence-corrected chi connectivity index (χ3v) is 2.76. The molecule has 1 rings (SSSR count). The number of aromatic nitrogens is 1. The second kappa shape index (κ2) is 8.17. The predicted octanol–water partition coefficient (Wildman–Crippen LogP) is 3.42. The molecule has 0 saturated heterocycles. The molecule has 0 saturated carbocycles. The number of rotatable bonds is 9. The largest absolute Gasteiger partial charge is 0.471 e. The molecule has 1 aromatic heterocycles. The van der Waals surface area contributed by atoms with Crippen LogP contribution in [0.15, 0.2) is 12.1 Å². The van der Waals surface area contributed by atoms with Crippen LogP contribution < -0.4 is 10.1 Å². The Morgan fingerprint density at radius 3 is 2.57 bits per heavy atom. The van der Waals surface area contributed by atoms with Crippen molar-refractivity contribution in [1.82, 2.24) is 10.3 Å². The molecule has 3 nitrogen and oxygen atoms in total. The topological polar surface area (TPSA) is 34.2 Å². The standard InChI is InChI=1S/C14H20F4N2O/c1-3-5-19-8-10-6-11(4-2)20-12(7-10)21-9-14(17,18)13(15)16/h6-7,13,19H,3-5,8-9H2,1-2H3. The molecule has 0 bridgehead atoms. The molecule has 0 spiro atoms. The minimum absolute atomic E-state index is 0.0528. The monoisotopic (exact) mass is 308 g/mol. The summed E-state index contributed by atoms with van der Waals surface area (Å²) < 4.78 is 54.6. The van der Waals surface area contributed by atoms with Crippen molar-refractivity contribution in [1.29, 1.82) is 0 Å². The average molecular weight is 308 g/mol. The average Bonchev–Trinajstić information content (AvgIpc) is 2.45. The van der Waals surface area contributed by atoms with Crippen molar-refractivity contribution in [2.45, 2.75) is 45.6 Å². The van der Waals surface area contributed by atoms with Crippen LogP contribution >= 0.6 is 0 Å². The van der Waals surface area contributed by atoms with Crippen molar-refractivity contribution in [3.8, 4) is 5.88 Å². The molecule has 0 aromatic carbocycles. The van der Waals surface area contributed by atoms with Crippen LogP contribution in [-0.2, 0) is 13.0 Å². The van der Waals surface area contributed by atoms with E-state index in [1.807, 2.05) is 19.9 Å². The molecule has 0 atom stereocenters. The van der Waals surface area contributed by atoms with Crippen molar-refractivity contribution in [2.75, 3.05) is 13.2 Å². The van der Waals surface area contributed by atoms with Crippen LogP contribution in [0.5, 0.6) is 5.88 Å². The van der Waals surface area contributed by atoms with Gasteiger partial charge in [-0.2, -0.15) is 8.78 Å². The van der Waals surface area contributed by atoms with E-state index in [1.54, 1.807) is 0 Å². The molecule has 7 heteroatoms. The van der Waals surface area contributed by atoms with E-state index in [4.69, 9.17) is 4.74 Å². The molecule has 0 amide bonds. The smallest absolute Gasteiger partial charge is 0.340 e. The van der Waals surface area contributed by atoms with Gasteiger partial charge in [0.2, 0.25) is 5.88 Å².